The van der Waals surface area contributed by atoms with E-state index >= 15 is 0 Å². The van der Waals surface area contributed by atoms with Gasteiger partial charge in [-0.3, -0.25) is 19.3 Å². The number of likely N-dealkylation sites (tertiary alicyclic amines) is 1. The molecule has 3 aliphatic rings. The summed E-state index contributed by atoms with van der Waals surface area (Å²) < 4.78 is 55.3. The average molecular weight is 817 g/mol. The fourth-order valence-electron chi connectivity index (χ4n) is 6.76. The zero-order chi connectivity index (χ0) is 41.8. The number of nitrogens with one attached hydrogen (secondary N) is 3. The number of methoxy groups -OCH3 is 1. The Kier molecular flexibility index (Phi) is 13.4. The average Bonchev–Trinajstić information content (AvgIpc) is 3.68. The van der Waals surface area contributed by atoms with E-state index < -0.39 is 68.9 Å². The first kappa shape index (κ1) is 43.6. The first-order valence-corrected chi connectivity index (χ1v) is 20.6. The van der Waals surface area contributed by atoms with Crippen LogP contribution in [0.1, 0.15) is 74.1 Å². The van der Waals surface area contributed by atoms with Crippen molar-refractivity contribution in [3.63, 3.8) is 0 Å². The number of rotatable bonds is 15. The Hall–Kier alpha value is -4.52. The summed E-state index contributed by atoms with van der Waals surface area (Å²) in [4.78, 5) is 63.5. The van der Waals surface area contributed by atoms with Crippen LogP contribution in [0.2, 0.25) is 0 Å². The minimum atomic E-state index is -4.50. The SMILES string of the molecule is CC/C=C(/NC(=O)C1CC(Oc2nccc3cc(OC)ccc23)CN1C(=O)C(NC(=O)OC(C)(C)CN1CCOCC1)C(C)(C)C)C(=O)NS(=O)(=O)OC1(C)CC1. The topological polar surface area (TPSA) is 204 Å². The normalized spacial score (nSPS) is 20.7. The van der Waals surface area contributed by atoms with Crippen molar-refractivity contribution in [3.05, 3.63) is 42.2 Å². The van der Waals surface area contributed by atoms with E-state index in [9.17, 15) is 27.6 Å². The lowest BCUT2D eigenvalue weighted by Crippen LogP contribution is -2.59. The Morgan fingerprint density at radius 2 is 1.79 bits per heavy atom. The fourth-order valence-corrected chi connectivity index (χ4v) is 7.83. The molecule has 5 rings (SSSR count). The lowest BCUT2D eigenvalue weighted by molar-refractivity contribution is -0.142. The third-order valence-corrected chi connectivity index (χ3v) is 11.0. The second-order valence-electron chi connectivity index (χ2n) is 16.6. The zero-order valence-corrected chi connectivity index (χ0v) is 34.8. The van der Waals surface area contributed by atoms with E-state index in [4.69, 9.17) is 23.1 Å². The summed E-state index contributed by atoms with van der Waals surface area (Å²) in [7, 11) is -2.93. The van der Waals surface area contributed by atoms with E-state index in [0.717, 1.165) is 5.39 Å². The molecule has 314 valence electrons. The lowest BCUT2D eigenvalue weighted by Gasteiger charge is -2.37. The van der Waals surface area contributed by atoms with Crippen molar-refractivity contribution >= 4 is 44.9 Å². The van der Waals surface area contributed by atoms with Crippen molar-refractivity contribution in [3.8, 4) is 11.6 Å². The number of benzene rings is 1. The summed E-state index contributed by atoms with van der Waals surface area (Å²) in [5.74, 6) is -1.56. The number of pyridine rings is 1. The molecule has 57 heavy (non-hydrogen) atoms. The number of amides is 4. The number of hydrogen-bond donors (Lipinski definition) is 3. The molecule has 2 aliphatic heterocycles. The number of carbonyl (C=O) groups is 4. The van der Waals surface area contributed by atoms with Crippen LogP contribution in [-0.2, 0) is 38.3 Å². The molecule has 1 aliphatic carbocycles. The number of carbonyl (C=O) groups excluding carboxylic acids is 4. The summed E-state index contributed by atoms with van der Waals surface area (Å²) in [5, 5.41) is 6.78. The number of ether oxygens (including phenoxy) is 4. The number of fused-ring (bicyclic) bond motifs is 1. The predicted octanol–water partition coefficient (Wildman–Crippen LogP) is 3.18. The number of hydrogen-bond acceptors (Lipinski definition) is 13. The molecule has 1 saturated carbocycles. The predicted molar refractivity (Wildman–Crippen MR) is 209 cm³/mol. The van der Waals surface area contributed by atoms with Gasteiger partial charge in [0, 0.05) is 37.6 Å². The maximum Gasteiger partial charge on any atom is 0.408 e. The van der Waals surface area contributed by atoms with Crippen LogP contribution < -0.4 is 24.8 Å². The van der Waals surface area contributed by atoms with E-state index in [1.807, 2.05) is 10.8 Å². The minimum absolute atomic E-state index is 0.0273. The molecule has 3 atom stereocenters. The van der Waals surface area contributed by atoms with E-state index in [2.05, 4.69) is 20.5 Å². The van der Waals surface area contributed by atoms with Gasteiger partial charge >= 0.3 is 16.4 Å². The highest BCUT2D eigenvalue weighted by Crippen LogP contribution is 2.40. The second kappa shape index (κ2) is 17.5. The lowest BCUT2D eigenvalue weighted by atomic mass is 9.85. The van der Waals surface area contributed by atoms with Gasteiger partial charge in [-0.2, -0.15) is 8.42 Å². The van der Waals surface area contributed by atoms with Crippen LogP contribution in [0.5, 0.6) is 11.6 Å². The van der Waals surface area contributed by atoms with Gasteiger partial charge in [0.05, 0.1) is 32.5 Å². The van der Waals surface area contributed by atoms with Gasteiger partial charge < -0.3 is 34.5 Å². The third kappa shape index (κ3) is 11.8. The van der Waals surface area contributed by atoms with E-state index in [1.165, 1.54) is 11.0 Å². The van der Waals surface area contributed by atoms with Crippen LogP contribution >= 0.6 is 0 Å². The van der Waals surface area contributed by atoms with Crippen molar-refractivity contribution in [1.29, 1.82) is 0 Å². The van der Waals surface area contributed by atoms with E-state index in [1.54, 1.807) is 80.0 Å². The second-order valence-corrected chi connectivity index (χ2v) is 17.9. The smallest absolute Gasteiger partial charge is 0.408 e. The van der Waals surface area contributed by atoms with Crippen LogP contribution in [-0.4, -0.2) is 123 Å². The number of aromatic nitrogens is 1. The Bertz CT molecular complexity index is 1950. The molecule has 3 unspecified atom stereocenters. The molecule has 2 aromatic rings. The molecular formula is C39H56N6O11S. The summed E-state index contributed by atoms with van der Waals surface area (Å²) in [6.45, 7) is 15.1. The molecule has 18 heteroatoms. The van der Waals surface area contributed by atoms with Gasteiger partial charge in [-0.05, 0) is 75.1 Å². The monoisotopic (exact) mass is 816 g/mol. The summed E-state index contributed by atoms with van der Waals surface area (Å²) in [5.41, 5.74) is -3.00. The first-order chi connectivity index (χ1) is 26.7. The van der Waals surface area contributed by atoms with Crippen molar-refractivity contribution in [1.82, 2.24) is 30.1 Å². The van der Waals surface area contributed by atoms with Gasteiger partial charge in [0.2, 0.25) is 17.7 Å². The summed E-state index contributed by atoms with van der Waals surface area (Å²) in [6, 6.07) is 4.81. The molecule has 0 bridgehead atoms. The largest absolute Gasteiger partial charge is 0.497 e. The van der Waals surface area contributed by atoms with Crippen LogP contribution in [0.15, 0.2) is 42.2 Å². The van der Waals surface area contributed by atoms with Crippen molar-refractivity contribution in [2.24, 2.45) is 5.41 Å². The summed E-state index contributed by atoms with van der Waals surface area (Å²) >= 11 is 0. The molecule has 17 nitrogen and oxygen atoms in total. The highest BCUT2D eigenvalue weighted by Gasteiger charge is 2.47. The van der Waals surface area contributed by atoms with Gasteiger partial charge in [-0.1, -0.05) is 33.8 Å². The molecule has 3 fully saturated rings. The number of alkyl carbamates (subject to hydrolysis) is 1. The van der Waals surface area contributed by atoms with E-state index in [0.29, 0.717) is 56.8 Å². The zero-order valence-electron chi connectivity index (χ0n) is 34.0. The van der Waals surface area contributed by atoms with Crippen molar-refractivity contribution in [2.75, 3.05) is 46.5 Å². The van der Waals surface area contributed by atoms with E-state index in [-0.39, 0.29) is 31.0 Å². The highest BCUT2D eigenvalue weighted by molar-refractivity contribution is 7.85. The van der Waals surface area contributed by atoms with Crippen LogP contribution in [0.4, 0.5) is 4.79 Å². The molecule has 1 aromatic heterocycles. The van der Waals surface area contributed by atoms with Crippen LogP contribution in [0.25, 0.3) is 10.8 Å². The van der Waals surface area contributed by atoms with Gasteiger partial charge in [-0.25, -0.2) is 18.7 Å². The molecular weight excluding hydrogens is 761 g/mol. The molecule has 3 N–H and O–H groups in total. The number of allylic oxidation sites excluding steroid dienone is 1. The Balaban J connectivity index is 1.39. The first-order valence-electron chi connectivity index (χ1n) is 19.2. The standard InChI is InChI=1S/C39H56N6O11S/c1-9-10-29(32(46)43-57(50,51)56-39(7)14-15-39)41-33(47)30-22-27(54-34-28-12-11-26(52-8)21-25(28)13-16-40-34)23-45(30)35(48)31(37(2,3)4)42-36(49)55-38(5,6)24-44-17-19-53-20-18-44/h10-13,16,21,27,30-31H,9,14-15,17-20,22-24H2,1-8H3,(H,41,47)(H,42,49)(H,43,46)/b29-10+. The third-order valence-electron chi connectivity index (χ3n) is 9.91. The molecule has 1 aromatic carbocycles. The number of nitrogens with zero attached hydrogens (tertiary/aromatic N) is 3. The fraction of sp³-hybridized carbons (Fsp3) is 0.615. The van der Waals surface area contributed by atoms with Gasteiger partial charge in [0.15, 0.2) is 0 Å². The van der Waals surface area contributed by atoms with Gasteiger partial charge in [-0.15, -0.1) is 0 Å². The van der Waals surface area contributed by atoms with Crippen molar-refractivity contribution < 1.29 is 50.7 Å². The highest BCUT2D eigenvalue weighted by atomic mass is 32.2. The van der Waals surface area contributed by atoms with Gasteiger partial charge in [0.1, 0.15) is 35.2 Å². The maximum atomic E-state index is 14.7. The Morgan fingerprint density at radius 1 is 1.09 bits per heavy atom. The number of morpholine rings is 1. The summed E-state index contributed by atoms with van der Waals surface area (Å²) in [6.07, 6.45) is 2.64. The quantitative estimate of drug-likeness (QED) is 0.222. The molecule has 4 amide bonds. The molecule has 3 heterocycles. The van der Waals surface area contributed by atoms with Crippen LogP contribution in [0.3, 0.4) is 0 Å². The van der Waals surface area contributed by atoms with Gasteiger partial charge in [0.25, 0.3) is 5.91 Å². The molecule has 0 radical (unpaired) electrons. The Morgan fingerprint density at radius 3 is 2.42 bits per heavy atom. The Labute approximate surface area is 334 Å². The minimum Gasteiger partial charge on any atom is -0.497 e. The molecule has 0 spiro atoms. The van der Waals surface area contributed by atoms with Crippen molar-refractivity contribution in [2.45, 2.75) is 104 Å². The maximum absolute atomic E-state index is 14.7. The molecule has 2 saturated heterocycles. The van der Waals surface area contributed by atoms with Crippen LogP contribution in [0, 0.1) is 5.41 Å².